The molecule has 16 heavy (non-hydrogen) atoms. The summed E-state index contributed by atoms with van der Waals surface area (Å²) in [5.74, 6) is 0. The van der Waals surface area contributed by atoms with E-state index in [9.17, 15) is 4.79 Å². The van der Waals surface area contributed by atoms with Crippen LogP contribution in [-0.4, -0.2) is 4.98 Å². The van der Waals surface area contributed by atoms with Crippen molar-refractivity contribution in [3.63, 3.8) is 0 Å². The maximum Gasteiger partial charge on any atom is 0.185 e. The van der Waals surface area contributed by atoms with Crippen LogP contribution in [0.5, 0.6) is 0 Å². The van der Waals surface area contributed by atoms with Crippen LogP contribution < -0.4 is 5.43 Å². The van der Waals surface area contributed by atoms with E-state index in [4.69, 9.17) is 23.2 Å². The van der Waals surface area contributed by atoms with Gasteiger partial charge in [-0.05, 0) is 25.1 Å². The standard InChI is InChI=1S/C12H9Cl2NO/c1-7-6-15-11(5-12(7)16)8-2-9(13)4-10(14)3-8/h2-6H,1H3,(H,15,16). The molecule has 2 aromatic rings. The van der Waals surface area contributed by atoms with Crippen molar-refractivity contribution in [2.45, 2.75) is 6.92 Å². The first kappa shape index (κ1) is 11.2. The van der Waals surface area contributed by atoms with Crippen molar-refractivity contribution in [1.29, 1.82) is 0 Å². The van der Waals surface area contributed by atoms with Gasteiger partial charge in [0, 0.05) is 39.1 Å². The smallest absolute Gasteiger partial charge is 0.185 e. The fraction of sp³-hybridized carbons (Fsp3) is 0.0833. The van der Waals surface area contributed by atoms with E-state index < -0.39 is 0 Å². The molecule has 0 bridgehead atoms. The lowest BCUT2D eigenvalue weighted by Gasteiger charge is -2.03. The molecule has 0 saturated heterocycles. The number of rotatable bonds is 1. The van der Waals surface area contributed by atoms with E-state index in [1.54, 1.807) is 31.3 Å². The molecule has 82 valence electrons. The van der Waals surface area contributed by atoms with E-state index in [2.05, 4.69) is 4.98 Å². The molecule has 0 atom stereocenters. The number of H-pyrrole nitrogens is 1. The molecule has 0 aliphatic heterocycles. The second kappa shape index (κ2) is 4.32. The second-order valence-corrected chi connectivity index (χ2v) is 4.42. The first-order valence-corrected chi connectivity index (χ1v) is 5.47. The highest BCUT2D eigenvalue weighted by Gasteiger charge is 2.03. The molecular formula is C12H9Cl2NO. The van der Waals surface area contributed by atoms with E-state index in [0.717, 1.165) is 5.56 Å². The van der Waals surface area contributed by atoms with Crippen LogP contribution in [0.4, 0.5) is 0 Å². The molecule has 0 unspecified atom stereocenters. The number of hydrogen-bond donors (Lipinski definition) is 1. The van der Waals surface area contributed by atoms with Gasteiger partial charge in [0.15, 0.2) is 5.43 Å². The average Bonchev–Trinajstić information content (AvgIpc) is 2.20. The van der Waals surface area contributed by atoms with Gasteiger partial charge in [-0.15, -0.1) is 0 Å². The van der Waals surface area contributed by atoms with Gasteiger partial charge in [0.2, 0.25) is 0 Å². The number of halogens is 2. The Bertz CT molecular complexity index is 570. The zero-order chi connectivity index (χ0) is 11.7. The maximum atomic E-state index is 11.5. The molecule has 0 aliphatic carbocycles. The number of benzene rings is 1. The number of aromatic nitrogens is 1. The summed E-state index contributed by atoms with van der Waals surface area (Å²) in [5.41, 5.74) is 2.18. The monoisotopic (exact) mass is 253 g/mol. The molecule has 0 saturated carbocycles. The minimum Gasteiger partial charge on any atom is -0.361 e. The Labute approximate surface area is 103 Å². The number of aromatic amines is 1. The van der Waals surface area contributed by atoms with E-state index >= 15 is 0 Å². The molecule has 0 amide bonds. The number of hydrogen-bond acceptors (Lipinski definition) is 1. The van der Waals surface area contributed by atoms with Crippen molar-refractivity contribution in [2.75, 3.05) is 0 Å². The fourth-order valence-electron chi connectivity index (χ4n) is 1.42. The summed E-state index contributed by atoms with van der Waals surface area (Å²) < 4.78 is 0. The molecule has 0 fully saturated rings. The lowest BCUT2D eigenvalue weighted by molar-refractivity contribution is 1.24. The number of aryl methyl sites for hydroxylation is 1. The molecule has 2 rings (SSSR count). The lowest BCUT2D eigenvalue weighted by atomic mass is 10.1. The quantitative estimate of drug-likeness (QED) is 0.827. The first-order chi connectivity index (χ1) is 7.56. The lowest BCUT2D eigenvalue weighted by Crippen LogP contribution is -2.04. The summed E-state index contributed by atoms with van der Waals surface area (Å²) in [6.45, 7) is 1.76. The molecule has 0 radical (unpaired) electrons. The first-order valence-electron chi connectivity index (χ1n) is 4.72. The predicted molar refractivity (Wildman–Crippen MR) is 67.3 cm³/mol. The van der Waals surface area contributed by atoms with Crippen LogP contribution in [0.3, 0.4) is 0 Å². The van der Waals surface area contributed by atoms with Gasteiger partial charge in [-0.3, -0.25) is 4.79 Å². The van der Waals surface area contributed by atoms with Crippen LogP contribution in [0, 0.1) is 6.92 Å². The third-order valence-electron chi connectivity index (χ3n) is 2.28. The SMILES string of the molecule is Cc1c[nH]c(-c2cc(Cl)cc(Cl)c2)cc1=O. The Balaban J connectivity index is 2.58. The van der Waals surface area contributed by atoms with Crippen LogP contribution in [0.1, 0.15) is 5.56 Å². The van der Waals surface area contributed by atoms with E-state index in [0.29, 0.717) is 21.3 Å². The molecule has 1 aromatic heterocycles. The molecule has 0 spiro atoms. The molecule has 0 aliphatic rings. The zero-order valence-corrected chi connectivity index (χ0v) is 10.1. The van der Waals surface area contributed by atoms with Gasteiger partial charge in [0.1, 0.15) is 0 Å². The average molecular weight is 254 g/mol. The zero-order valence-electron chi connectivity index (χ0n) is 8.55. The predicted octanol–water partition coefficient (Wildman–Crippen LogP) is 3.66. The summed E-state index contributed by atoms with van der Waals surface area (Å²) in [6, 6.07) is 6.71. The van der Waals surface area contributed by atoms with E-state index in [-0.39, 0.29) is 5.43 Å². The van der Waals surface area contributed by atoms with Crippen molar-refractivity contribution >= 4 is 23.2 Å². The molecule has 1 heterocycles. The van der Waals surface area contributed by atoms with Crippen molar-refractivity contribution < 1.29 is 0 Å². The summed E-state index contributed by atoms with van der Waals surface area (Å²) >= 11 is 11.8. The molecule has 1 N–H and O–H groups in total. The fourth-order valence-corrected chi connectivity index (χ4v) is 1.95. The van der Waals surface area contributed by atoms with Crippen molar-refractivity contribution in [3.8, 4) is 11.3 Å². The topological polar surface area (TPSA) is 32.9 Å². The van der Waals surface area contributed by atoms with Crippen molar-refractivity contribution in [1.82, 2.24) is 4.98 Å². The van der Waals surface area contributed by atoms with Gasteiger partial charge in [-0.1, -0.05) is 23.2 Å². The van der Waals surface area contributed by atoms with Gasteiger partial charge in [-0.25, -0.2) is 0 Å². The second-order valence-electron chi connectivity index (χ2n) is 3.55. The minimum atomic E-state index is -0.00940. The Morgan fingerprint density at radius 2 is 1.69 bits per heavy atom. The summed E-state index contributed by atoms with van der Waals surface area (Å²) in [4.78, 5) is 14.5. The van der Waals surface area contributed by atoms with E-state index in [1.165, 1.54) is 6.07 Å². The Kier molecular flexibility index (Phi) is 3.03. The third kappa shape index (κ3) is 2.29. The van der Waals surface area contributed by atoms with Gasteiger partial charge in [0.05, 0.1) is 0 Å². The van der Waals surface area contributed by atoms with Crippen LogP contribution in [0.25, 0.3) is 11.3 Å². The van der Waals surface area contributed by atoms with Gasteiger partial charge in [0.25, 0.3) is 0 Å². The summed E-state index contributed by atoms with van der Waals surface area (Å²) in [7, 11) is 0. The third-order valence-corrected chi connectivity index (χ3v) is 2.72. The number of nitrogens with one attached hydrogen (secondary N) is 1. The highest BCUT2D eigenvalue weighted by molar-refractivity contribution is 6.35. The van der Waals surface area contributed by atoms with Crippen LogP contribution >= 0.6 is 23.2 Å². The van der Waals surface area contributed by atoms with Crippen molar-refractivity contribution in [3.05, 3.63) is 56.3 Å². The Morgan fingerprint density at radius 3 is 2.25 bits per heavy atom. The molecule has 1 aromatic carbocycles. The van der Waals surface area contributed by atoms with E-state index in [1.807, 2.05) is 0 Å². The maximum absolute atomic E-state index is 11.5. The van der Waals surface area contributed by atoms with Gasteiger partial charge >= 0.3 is 0 Å². The molecule has 2 nitrogen and oxygen atoms in total. The summed E-state index contributed by atoms with van der Waals surface area (Å²) in [5, 5.41) is 1.09. The van der Waals surface area contributed by atoms with Crippen LogP contribution in [0.15, 0.2) is 35.3 Å². The highest BCUT2D eigenvalue weighted by atomic mass is 35.5. The highest BCUT2D eigenvalue weighted by Crippen LogP contribution is 2.25. The largest absolute Gasteiger partial charge is 0.361 e. The normalized spacial score (nSPS) is 10.4. The Hall–Kier alpha value is -1.25. The molecular weight excluding hydrogens is 245 g/mol. The minimum absolute atomic E-state index is 0.00940. The Morgan fingerprint density at radius 1 is 1.06 bits per heavy atom. The van der Waals surface area contributed by atoms with Gasteiger partial charge < -0.3 is 4.98 Å². The van der Waals surface area contributed by atoms with Crippen LogP contribution in [-0.2, 0) is 0 Å². The van der Waals surface area contributed by atoms with Crippen molar-refractivity contribution in [2.24, 2.45) is 0 Å². The number of pyridine rings is 1. The molecule has 4 heteroatoms. The summed E-state index contributed by atoms with van der Waals surface area (Å²) in [6.07, 6.45) is 1.67. The van der Waals surface area contributed by atoms with Crippen LogP contribution in [0.2, 0.25) is 10.0 Å². The van der Waals surface area contributed by atoms with Gasteiger partial charge in [-0.2, -0.15) is 0 Å².